The first-order chi connectivity index (χ1) is 23.2. The van der Waals surface area contributed by atoms with Crippen LogP contribution in [-0.4, -0.2) is 55.7 Å². The fraction of sp³-hybridized carbons (Fsp3) is 0.161. The molecule has 5 aromatic rings. The molecule has 0 spiro atoms. The highest BCUT2D eigenvalue weighted by atomic mass is 35.5. The predicted octanol–water partition coefficient (Wildman–Crippen LogP) is 3.99. The predicted molar refractivity (Wildman–Crippen MR) is 172 cm³/mol. The summed E-state index contributed by atoms with van der Waals surface area (Å²) in [6, 6.07) is 21.2. The van der Waals surface area contributed by atoms with Gasteiger partial charge >= 0.3 is 16.9 Å². The fourth-order valence-corrected chi connectivity index (χ4v) is 5.71. The number of rotatable bonds is 14. The summed E-state index contributed by atoms with van der Waals surface area (Å²) in [7, 11) is -2.70. The summed E-state index contributed by atoms with van der Waals surface area (Å²) < 4.78 is 40.7. The molecule has 5 rings (SSSR count). The zero-order valence-corrected chi connectivity index (χ0v) is 26.8. The number of esters is 1. The average molecular weight is 694 g/mol. The number of sulfone groups is 1. The molecule has 0 fully saturated rings. The van der Waals surface area contributed by atoms with Crippen LogP contribution in [-0.2, 0) is 25.8 Å². The molecular weight excluding hydrogens is 666 g/mol. The van der Waals surface area contributed by atoms with Crippen LogP contribution in [0.15, 0.2) is 99.6 Å². The normalized spacial score (nSPS) is 11.0. The highest BCUT2D eigenvalue weighted by Gasteiger charge is 2.35. The molecule has 0 radical (unpaired) electrons. The number of ether oxygens (including phenoxy) is 2. The van der Waals surface area contributed by atoms with Gasteiger partial charge in [-0.3, -0.25) is 14.2 Å². The third-order valence-electron chi connectivity index (χ3n) is 6.60. The smallest absolute Gasteiger partial charge is 0.414 e. The van der Waals surface area contributed by atoms with E-state index in [1.165, 1.54) is 30.5 Å². The second-order valence-electron chi connectivity index (χ2n) is 9.92. The SMILES string of the molecule is CNC(=O)c1ccccc1Nc1nc(Nc2ccc(CC(=O)OCCCOc3no[n+]([O-])c3S(=O)(=O)c3ccccc3)cc2)ncc1Cl. The van der Waals surface area contributed by atoms with Crippen molar-refractivity contribution in [1.29, 1.82) is 0 Å². The molecule has 3 N–H and O–H groups in total. The van der Waals surface area contributed by atoms with E-state index >= 15 is 0 Å². The quantitative estimate of drug-likeness (QED) is 0.0857. The van der Waals surface area contributed by atoms with Gasteiger partial charge in [-0.2, -0.15) is 4.98 Å². The summed E-state index contributed by atoms with van der Waals surface area (Å²) in [6.07, 6.45) is 1.62. The molecule has 3 aromatic carbocycles. The average Bonchev–Trinajstić information content (AvgIpc) is 3.47. The minimum Gasteiger partial charge on any atom is -0.465 e. The van der Waals surface area contributed by atoms with Crippen LogP contribution >= 0.6 is 11.6 Å². The molecule has 0 unspecified atom stereocenters. The number of amides is 1. The first-order valence-electron chi connectivity index (χ1n) is 14.3. The number of para-hydroxylation sites is 1. The van der Waals surface area contributed by atoms with E-state index in [1.807, 2.05) is 0 Å². The number of hydrogen-bond acceptors (Lipinski definition) is 13. The third-order valence-corrected chi connectivity index (χ3v) is 8.60. The molecule has 1 amide bonds. The van der Waals surface area contributed by atoms with Crippen molar-refractivity contribution in [1.82, 2.24) is 20.4 Å². The lowest BCUT2D eigenvalue weighted by Gasteiger charge is -2.13. The Morgan fingerprint density at radius 2 is 1.71 bits per heavy atom. The number of carbonyl (C=O) groups is 2. The highest BCUT2D eigenvalue weighted by Crippen LogP contribution is 2.27. The Morgan fingerprint density at radius 3 is 2.46 bits per heavy atom. The number of halogens is 1. The Balaban J connectivity index is 1.09. The zero-order chi connectivity index (χ0) is 34.1. The Hall–Kier alpha value is -5.74. The number of nitrogens with one attached hydrogen (secondary N) is 3. The van der Waals surface area contributed by atoms with Gasteiger partial charge in [0.15, 0.2) is 5.82 Å². The number of anilines is 4. The minimum atomic E-state index is -4.24. The molecular formula is C31H28ClN7O8S. The lowest BCUT2D eigenvalue weighted by atomic mass is 10.1. The summed E-state index contributed by atoms with van der Waals surface area (Å²) in [5.41, 5.74) is 2.26. The van der Waals surface area contributed by atoms with Crippen molar-refractivity contribution in [2.24, 2.45) is 0 Å². The molecule has 0 aliphatic carbocycles. The van der Waals surface area contributed by atoms with Gasteiger partial charge in [-0.25, -0.2) is 13.4 Å². The zero-order valence-electron chi connectivity index (χ0n) is 25.3. The molecule has 2 heterocycles. The number of carbonyl (C=O) groups excluding carboxylic acids is 2. The van der Waals surface area contributed by atoms with Gasteiger partial charge in [-0.1, -0.05) is 54.1 Å². The summed E-state index contributed by atoms with van der Waals surface area (Å²) >= 11 is 6.30. The maximum absolute atomic E-state index is 12.8. The molecule has 0 atom stereocenters. The van der Waals surface area contributed by atoms with Crippen molar-refractivity contribution in [2.75, 3.05) is 30.9 Å². The van der Waals surface area contributed by atoms with Crippen molar-refractivity contribution < 1.29 is 37.0 Å². The van der Waals surface area contributed by atoms with Crippen molar-refractivity contribution in [3.8, 4) is 5.88 Å². The minimum absolute atomic E-state index is 0.00364. The number of aromatic nitrogens is 4. The molecule has 17 heteroatoms. The van der Waals surface area contributed by atoms with E-state index in [9.17, 15) is 23.2 Å². The van der Waals surface area contributed by atoms with E-state index in [2.05, 4.69) is 35.7 Å². The van der Waals surface area contributed by atoms with E-state index in [4.69, 9.17) is 21.1 Å². The van der Waals surface area contributed by atoms with Crippen molar-refractivity contribution in [3.05, 3.63) is 106 Å². The van der Waals surface area contributed by atoms with E-state index in [0.29, 0.717) is 28.3 Å². The monoisotopic (exact) mass is 693 g/mol. The van der Waals surface area contributed by atoms with E-state index < -0.39 is 26.7 Å². The Bertz CT molecular complexity index is 2010. The molecule has 248 valence electrons. The van der Waals surface area contributed by atoms with Crippen LogP contribution in [0.25, 0.3) is 0 Å². The molecule has 0 bridgehead atoms. The summed E-state index contributed by atoms with van der Waals surface area (Å²) in [5, 5.41) is 23.6. The van der Waals surface area contributed by atoms with Crippen LogP contribution in [0.1, 0.15) is 22.3 Å². The number of hydrogen-bond donors (Lipinski definition) is 3. The second-order valence-corrected chi connectivity index (χ2v) is 12.2. The first-order valence-corrected chi connectivity index (χ1v) is 16.2. The van der Waals surface area contributed by atoms with E-state index in [1.54, 1.807) is 61.6 Å². The molecule has 0 saturated heterocycles. The van der Waals surface area contributed by atoms with Crippen LogP contribution < -0.4 is 25.6 Å². The Morgan fingerprint density at radius 1 is 0.979 bits per heavy atom. The van der Waals surface area contributed by atoms with Crippen LogP contribution in [0.3, 0.4) is 0 Å². The van der Waals surface area contributed by atoms with Crippen LogP contribution in [0.4, 0.5) is 23.1 Å². The van der Waals surface area contributed by atoms with E-state index in [-0.39, 0.29) is 52.7 Å². The molecule has 0 aliphatic heterocycles. The molecule has 2 aromatic heterocycles. The van der Waals surface area contributed by atoms with Crippen LogP contribution in [0, 0.1) is 5.21 Å². The van der Waals surface area contributed by atoms with Crippen molar-refractivity contribution in [2.45, 2.75) is 22.8 Å². The molecule has 15 nitrogen and oxygen atoms in total. The number of benzene rings is 3. The van der Waals surface area contributed by atoms with Gasteiger partial charge in [0.25, 0.3) is 15.7 Å². The maximum Gasteiger partial charge on any atom is 0.414 e. The molecule has 48 heavy (non-hydrogen) atoms. The standard InChI is InChI=1S/C31H28ClN7O8S/c1-33-28(41)23-10-5-6-11-25(23)36-27-24(32)19-34-31(37-27)35-21-14-12-20(13-15-21)18-26(40)45-16-7-17-46-29-30(39(42)47-38-29)48(43,44)22-8-3-2-4-9-22/h2-6,8-15,19H,7,16-18H2,1H3,(H,33,41)(H2,34,35,36,37). The molecule has 0 saturated carbocycles. The molecule has 0 aliphatic rings. The maximum atomic E-state index is 12.8. The summed E-state index contributed by atoms with van der Waals surface area (Å²) in [5.74, 6) is -0.709. The van der Waals surface area contributed by atoms with Crippen molar-refractivity contribution >= 4 is 56.5 Å². The topological polar surface area (TPSA) is 202 Å². The summed E-state index contributed by atoms with van der Waals surface area (Å²) in [6.45, 7) is -0.117. The van der Waals surface area contributed by atoms with Gasteiger partial charge in [0, 0.05) is 19.2 Å². The second kappa shape index (κ2) is 15.2. The van der Waals surface area contributed by atoms with Crippen LogP contribution in [0.5, 0.6) is 5.88 Å². The fourth-order valence-electron chi connectivity index (χ4n) is 4.27. The van der Waals surface area contributed by atoms with Gasteiger partial charge in [0.05, 0.1) is 47.1 Å². The summed E-state index contributed by atoms with van der Waals surface area (Å²) in [4.78, 5) is 32.9. The van der Waals surface area contributed by atoms with Crippen LogP contribution in [0.2, 0.25) is 5.02 Å². The lowest BCUT2D eigenvalue weighted by Crippen LogP contribution is -2.31. The van der Waals surface area contributed by atoms with Crippen molar-refractivity contribution in [3.63, 3.8) is 0 Å². The Kier molecular flexibility index (Phi) is 10.7. The van der Waals surface area contributed by atoms with E-state index in [0.717, 1.165) is 0 Å². The van der Waals surface area contributed by atoms with Gasteiger partial charge in [-0.05, 0) is 46.9 Å². The van der Waals surface area contributed by atoms with Gasteiger partial charge in [0.2, 0.25) is 5.95 Å². The first kappa shape index (κ1) is 33.6. The number of nitrogens with zero attached hydrogens (tertiary/aromatic N) is 4. The van der Waals surface area contributed by atoms with Gasteiger partial charge in [0.1, 0.15) is 5.02 Å². The van der Waals surface area contributed by atoms with Gasteiger partial charge < -0.3 is 30.6 Å². The van der Waals surface area contributed by atoms with Gasteiger partial charge in [-0.15, -0.1) is 0 Å². The Labute approximate surface area is 279 Å². The third kappa shape index (κ3) is 8.15. The highest BCUT2D eigenvalue weighted by molar-refractivity contribution is 7.91. The largest absolute Gasteiger partial charge is 0.465 e. The lowest BCUT2D eigenvalue weighted by molar-refractivity contribution is -0.832.